The van der Waals surface area contributed by atoms with Crippen LogP contribution in [0.25, 0.3) is 17.4 Å². The van der Waals surface area contributed by atoms with Gasteiger partial charge in [0.15, 0.2) is 5.78 Å². The first-order valence-electron chi connectivity index (χ1n) is 8.08. The highest BCUT2D eigenvalue weighted by Gasteiger charge is 2.13. The van der Waals surface area contributed by atoms with Crippen molar-refractivity contribution in [3.63, 3.8) is 0 Å². The summed E-state index contributed by atoms with van der Waals surface area (Å²) in [6, 6.07) is 15.4. The van der Waals surface area contributed by atoms with Crippen molar-refractivity contribution in [2.45, 2.75) is 13.8 Å². The molecule has 2 aromatic carbocycles. The van der Waals surface area contributed by atoms with Crippen molar-refractivity contribution in [1.29, 1.82) is 0 Å². The van der Waals surface area contributed by atoms with Gasteiger partial charge in [0.2, 0.25) is 0 Å². The molecule has 0 atom stereocenters. The van der Waals surface area contributed by atoms with Gasteiger partial charge in [-0.25, -0.2) is 0 Å². The molecule has 130 valence electrons. The molecule has 0 fully saturated rings. The lowest BCUT2D eigenvalue weighted by Gasteiger charge is -2.02. The van der Waals surface area contributed by atoms with Crippen LogP contribution in [0.15, 0.2) is 65.1 Å². The van der Waals surface area contributed by atoms with Crippen molar-refractivity contribution in [2.24, 2.45) is 0 Å². The largest absolute Gasteiger partial charge is 0.457 e. The van der Waals surface area contributed by atoms with Crippen molar-refractivity contribution in [2.75, 3.05) is 0 Å². The van der Waals surface area contributed by atoms with Gasteiger partial charge in [-0.05, 0) is 43.7 Å². The zero-order chi connectivity index (χ0) is 18.7. The topological polar surface area (TPSA) is 73.3 Å². The second-order valence-corrected chi connectivity index (χ2v) is 6.02. The minimum absolute atomic E-state index is 0.00800. The second-order valence-electron chi connectivity index (χ2n) is 6.02. The van der Waals surface area contributed by atoms with Crippen LogP contribution in [0, 0.1) is 24.0 Å². The van der Waals surface area contributed by atoms with E-state index < -0.39 is 4.92 Å². The lowest BCUT2D eigenvalue weighted by Crippen LogP contribution is -1.93. The van der Waals surface area contributed by atoms with E-state index >= 15 is 0 Å². The second kappa shape index (κ2) is 7.19. The number of allylic oxidation sites excluding steroid dienone is 1. The Balaban J connectivity index is 1.82. The lowest BCUT2D eigenvalue weighted by molar-refractivity contribution is -0.384. The molecule has 1 aromatic heterocycles. The molecule has 0 N–H and O–H groups in total. The van der Waals surface area contributed by atoms with Crippen LogP contribution < -0.4 is 0 Å². The summed E-state index contributed by atoms with van der Waals surface area (Å²) in [5.74, 6) is 0.912. The number of non-ortho nitro benzene ring substituents is 1. The first kappa shape index (κ1) is 17.4. The third kappa shape index (κ3) is 3.78. The number of rotatable bonds is 5. The molecule has 1 heterocycles. The molecule has 0 spiro atoms. The number of hydrogen-bond acceptors (Lipinski definition) is 4. The van der Waals surface area contributed by atoms with Gasteiger partial charge in [0.25, 0.3) is 5.69 Å². The molecule has 0 aliphatic heterocycles. The summed E-state index contributed by atoms with van der Waals surface area (Å²) >= 11 is 0. The Kier molecular flexibility index (Phi) is 4.80. The predicted octanol–water partition coefficient (Wildman–Crippen LogP) is 5.37. The molecule has 0 saturated heterocycles. The molecule has 3 aromatic rings. The fraction of sp³-hybridized carbons (Fsp3) is 0.0952. The maximum Gasteiger partial charge on any atom is 0.270 e. The summed E-state index contributed by atoms with van der Waals surface area (Å²) < 4.78 is 5.73. The highest BCUT2D eigenvalue weighted by molar-refractivity contribution is 6.06. The molecular weight excluding hydrogens is 330 g/mol. The maximum absolute atomic E-state index is 12.2. The summed E-state index contributed by atoms with van der Waals surface area (Å²) in [7, 11) is 0. The smallest absolute Gasteiger partial charge is 0.270 e. The first-order valence-corrected chi connectivity index (χ1v) is 8.08. The molecule has 3 rings (SSSR count). The number of hydrogen-bond donors (Lipinski definition) is 0. The van der Waals surface area contributed by atoms with E-state index in [1.807, 2.05) is 26.0 Å². The van der Waals surface area contributed by atoms with Gasteiger partial charge in [0, 0.05) is 23.3 Å². The summed E-state index contributed by atoms with van der Waals surface area (Å²) in [6.45, 7) is 3.82. The Bertz CT molecular complexity index is 997. The van der Waals surface area contributed by atoms with Gasteiger partial charge in [-0.3, -0.25) is 14.9 Å². The van der Waals surface area contributed by atoms with Gasteiger partial charge in [-0.1, -0.05) is 35.9 Å². The number of ketones is 1. The Morgan fingerprint density at radius 1 is 1.04 bits per heavy atom. The Hall–Kier alpha value is -3.47. The van der Waals surface area contributed by atoms with Crippen LogP contribution in [0.1, 0.15) is 27.2 Å². The van der Waals surface area contributed by atoms with Crippen LogP contribution in [0.2, 0.25) is 0 Å². The summed E-state index contributed by atoms with van der Waals surface area (Å²) in [4.78, 5) is 22.7. The van der Waals surface area contributed by atoms with Crippen molar-refractivity contribution in [3.05, 3.63) is 93.2 Å². The molecule has 5 heteroatoms. The fourth-order valence-electron chi connectivity index (χ4n) is 2.55. The highest BCUT2D eigenvalue weighted by atomic mass is 16.6. The molecule has 5 nitrogen and oxygen atoms in total. The lowest BCUT2D eigenvalue weighted by atomic mass is 10.1. The van der Waals surface area contributed by atoms with Crippen LogP contribution in [-0.2, 0) is 0 Å². The van der Waals surface area contributed by atoms with Gasteiger partial charge in [-0.15, -0.1) is 0 Å². The zero-order valence-corrected chi connectivity index (χ0v) is 14.4. The first-order chi connectivity index (χ1) is 12.4. The molecule has 0 amide bonds. The minimum atomic E-state index is -0.438. The van der Waals surface area contributed by atoms with Gasteiger partial charge >= 0.3 is 0 Å². The normalized spacial score (nSPS) is 11.0. The number of nitrogens with zero attached hydrogens (tertiary/aromatic N) is 1. The quantitative estimate of drug-likeness (QED) is 0.269. The van der Waals surface area contributed by atoms with Crippen molar-refractivity contribution >= 4 is 17.5 Å². The molecular formula is C21H17NO4. The van der Waals surface area contributed by atoms with E-state index in [9.17, 15) is 14.9 Å². The number of nitro groups is 1. The number of nitro benzene ring substituents is 1. The third-order valence-electron chi connectivity index (χ3n) is 4.06. The molecule has 26 heavy (non-hydrogen) atoms. The molecule has 0 aliphatic rings. The Labute approximate surface area is 150 Å². The van der Waals surface area contributed by atoms with E-state index in [4.69, 9.17) is 4.42 Å². The van der Waals surface area contributed by atoms with Gasteiger partial charge in [0.1, 0.15) is 11.5 Å². The highest BCUT2D eigenvalue weighted by Crippen LogP contribution is 2.29. The van der Waals surface area contributed by atoms with Crippen LogP contribution in [0.3, 0.4) is 0 Å². The fourth-order valence-corrected chi connectivity index (χ4v) is 2.55. The van der Waals surface area contributed by atoms with E-state index in [1.165, 1.54) is 18.2 Å². The SMILES string of the molecule is Cc1ccc(C(=O)/C=C/c2ccc(-c3cc([N+](=O)[O-])ccc3C)o2)cc1. The number of carbonyl (C=O) groups excluding carboxylic acids is 1. The monoisotopic (exact) mass is 347 g/mol. The van der Waals surface area contributed by atoms with E-state index in [2.05, 4.69) is 0 Å². The average Bonchev–Trinajstić information content (AvgIpc) is 3.09. The molecule has 0 aliphatic carbocycles. The number of benzene rings is 2. The van der Waals surface area contributed by atoms with E-state index in [0.29, 0.717) is 22.6 Å². The zero-order valence-electron chi connectivity index (χ0n) is 14.4. The molecule has 0 unspecified atom stereocenters. The summed E-state index contributed by atoms with van der Waals surface area (Å²) in [5, 5.41) is 11.0. The number of aryl methyl sites for hydroxylation is 2. The van der Waals surface area contributed by atoms with E-state index in [0.717, 1.165) is 11.1 Å². The van der Waals surface area contributed by atoms with Crippen LogP contribution in [-0.4, -0.2) is 10.7 Å². The van der Waals surface area contributed by atoms with Gasteiger partial charge in [0.05, 0.1) is 4.92 Å². The number of furan rings is 1. The minimum Gasteiger partial charge on any atom is -0.457 e. The van der Waals surface area contributed by atoms with Crippen LogP contribution >= 0.6 is 0 Å². The average molecular weight is 347 g/mol. The molecule has 0 saturated carbocycles. The summed E-state index contributed by atoms with van der Waals surface area (Å²) in [5.41, 5.74) is 3.23. The summed E-state index contributed by atoms with van der Waals surface area (Å²) in [6.07, 6.45) is 3.05. The molecule has 0 radical (unpaired) electrons. The van der Waals surface area contributed by atoms with Crippen molar-refractivity contribution < 1.29 is 14.1 Å². The van der Waals surface area contributed by atoms with Crippen LogP contribution in [0.5, 0.6) is 0 Å². The van der Waals surface area contributed by atoms with Gasteiger partial charge in [-0.2, -0.15) is 0 Å². The standard InChI is InChI=1S/C21H17NO4/c1-14-3-6-16(7-4-14)20(23)11-9-18-10-12-21(26-18)19-13-17(22(24)25)8-5-15(19)2/h3-13H,1-2H3/b11-9+. The maximum atomic E-state index is 12.2. The van der Waals surface area contributed by atoms with Gasteiger partial charge < -0.3 is 4.42 Å². The Morgan fingerprint density at radius 3 is 2.46 bits per heavy atom. The molecule has 0 bridgehead atoms. The predicted molar refractivity (Wildman–Crippen MR) is 100 cm³/mol. The Morgan fingerprint density at radius 2 is 1.77 bits per heavy atom. The van der Waals surface area contributed by atoms with E-state index in [-0.39, 0.29) is 11.5 Å². The number of carbonyl (C=O) groups is 1. The van der Waals surface area contributed by atoms with Crippen molar-refractivity contribution in [1.82, 2.24) is 0 Å². The van der Waals surface area contributed by atoms with E-state index in [1.54, 1.807) is 36.4 Å². The van der Waals surface area contributed by atoms with Crippen LogP contribution in [0.4, 0.5) is 5.69 Å². The third-order valence-corrected chi connectivity index (χ3v) is 4.06. The van der Waals surface area contributed by atoms with Crippen molar-refractivity contribution in [3.8, 4) is 11.3 Å².